The normalized spacial score (nSPS) is 14.2. The zero-order valence-corrected chi connectivity index (χ0v) is 14.7. The van der Waals surface area contributed by atoms with Crippen LogP contribution in [-0.4, -0.2) is 11.9 Å². The van der Waals surface area contributed by atoms with Crippen molar-refractivity contribution in [3.63, 3.8) is 0 Å². The van der Waals surface area contributed by atoms with Crippen molar-refractivity contribution in [2.24, 2.45) is 5.92 Å². The van der Waals surface area contributed by atoms with Crippen LogP contribution in [0, 0.1) is 5.92 Å². The van der Waals surface area contributed by atoms with Gasteiger partial charge in [-0.2, -0.15) is 13.2 Å². The molecule has 2 atom stereocenters. The van der Waals surface area contributed by atoms with E-state index in [-0.39, 0.29) is 11.6 Å². The number of carbonyl (C=O) groups excluding carboxylic acids is 1. The fourth-order valence-electron chi connectivity index (χ4n) is 3.00. The van der Waals surface area contributed by atoms with Gasteiger partial charge in [-0.15, -0.1) is 0 Å². The first kappa shape index (κ1) is 20.5. The summed E-state index contributed by atoms with van der Waals surface area (Å²) < 4.78 is 39.2. The smallest absolute Gasteiger partial charge is 0.349 e. The van der Waals surface area contributed by atoms with Gasteiger partial charge in [0, 0.05) is 6.04 Å². The molecule has 24 heavy (non-hydrogen) atoms. The second-order valence-electron chi connectivity index (χ2n) is 6.35. The van der Waals surface area contributed by atoms with E-state index < -0.39 is 17.6 Å². The molecule has 1 aromatic rings. The summed E-state index contributed by atoms with van der Waals surface area (Å²) in [4.78, 5) is 12.4. The van der Waals surface area contributed by atoms with Crippen LogP contribution in [-0.2, 0) is 6.18 Å². The van der Waals surface area contributed by atoms with E-state index >= 15 is 0 Å². The molecule has 0 bridgehead atoms. The molecule has 2 unspecified atom stereocenters. The Morgan fingerprint density at radius 3 is 2.33 bits per heavy atom. The number of benzene rings is 1. The quantitative estimate of drug-likeness (QED) is 0.562. The SMILES string of the molecule is CCCCCC(CCC)C(C)NC(=O)c1ccccc1C(F)(F)F. The molecule has 136 valence electrons. The number of unbranched alkanes of at least 4 members (excludes halogenated alkanes) is 2. The van der Waals surface area contributed by atoms with Gasteiger partial charge in [0.15, 0.2) is 0 Å². The maximum Gasteiger partial charge on any atom is 0.417 e. The van der Waals surface area contributed by atoms with Crippen LogP contribution in [0.2, 0.25) is 0 Å². The van der Waals surface area contributed by atoms with Crippen molar-refractivity contribution in [2.45, 2.75) is 71.5 Å². The summed E-state index contributed by atoms with van der Waals surface area (Å²) in [5, 5.41) is 2.78. The molecular weight excluding hydrogens is 315 g/mol. The van der Waals surface area contributed by atoms with Crippen molar-refractivity contribution in [3.05, 3.63) is 35.4 Å². The second-order valence-corrected chi connectivity index (χ2v) is 6.35. The molecule has 1 amide bonds. The Morgan fingerprint density at radius 1 is 1.08 bits per heavy atom. The van der Waals surface area contributed by atoms with Crippen molar-refractivity contribution in [3.8, 4) is 0 Å². The predicted molar refractivity (Wildman–Crippen MR) is 90.9 cm³/mol. The number of hydrogen-bond acceptors (Lipinski definition) is 1. The van der Waals surface area contributed by atoms with Gasteiger partial charge >= 0.3 is 6.18 Å². The Bertz CT molecular complexity index is 514. The van der Waals surface area contributed by atoms with E-state index in [2.05, 4.69) is 19.2 Å². The fourth-order valence-corrected chi connectivity index (χ4v) is 3.00. The molecule has 0 saturated carbocycles. The van der Waals surface area contributed by atoms with Gasteiger partial charge in [-0.3, -0.25) is 4.79 Å². The summed E-state index contributed by atoms with van der Waals surface area (Å²) >= 11 is 0. The van der Waals surface area contributed by atoms with Gasteiger partial charge < -0.3 is 5.32 Å². The van der Waals surface area contributed by atoms with E-state index in [4.69, 9.17) is 0 Å². The van der Waals surface area contributed by atoms with Gasteiger partial charge in [-0.05, 0) is 37.8 Å². The zero-order chi connectivity index (χ0) is 18.2. The predicted octanol–water partition coefficient (Wildman–Crippen LogP) is 5.82. The van der Waals surface area contributed by atoms with Crippen LogP contribution >= 0.6 is 0 Å². The first-order chi connectivity index (χ1) is 11.3. The number of amides is 1. The third-order valence-corrected chi connectivity index (χ3v) is 4.38. The number of alkyl halides is 3. The molecule has 0 radical (unpaired) electrons. The number of rotatable bonds is 9. The Morgan fingerprint density at radius 2 is 1.75 bits per heavy atom. The molecule has 2 nitrogen and oxygen atoms in total. The lowest BCUT2D eigenvalue weighted by atomic mass is 9.90. The van der Waals surface area contributed by atoms with Gasteiger partial charge in [-0.1, -0.05) is 51.7 Å². The number of carbonyl (C=O) groups is 1. The minimum absolute atomic E-state index is 0.143. The summed E-state index contributed by atoms with van der Waals surface area (Å²) in [6, 6.07) is 4.80. The van der Waals surface area contributed by atoms with Crippen LogP contribution < -0.4 is 5.32 Å². The minimum atomic E-state index is -4.53. The van der Waals surface area contributed by atoms with Gasteiger partial charge in [0.1, 0.15) is 0 Å². The Hall–Kier alpha value is -1.52. The molecule has 1 rings (SSSR count). The molecule has 0 aliphatic heterocycles. The van der Waals surface area contributed by atoms with E-state index in [1.54, 1.807) is 0 Å². The molecule has 0 spiro atoms. The van der Waals surface area contributed by atoms with Crippen LogP contribution in [0.15, 0.2) is 24.3 Å². The van der Waals surface area contributed by atoms with Gasteiger partial charge in [-0.25, -0.2) is 0 Å². The fraction of sp³-hybridized carbons (Fsp3) is 0.632. The van der Waals surface area contributed by atoms with Crippen LogP contribution in [0.3, 0.4) is 0 Å². The monoisotopic (exact) mass is 343 g/mol. The van der Waals surface area contributed by atoms with E-state index in [0.29, 0.717) is 5.92 Å². The molecule has 5 heteroatoms. The number of halogens is 3. The molecule has 0 aromatic heterocycles. The van der Waals surface area contributed by atoms with E-state index in [1.807, 2.05) is 6.92 Å². The zero-order valence-electron chi connectivity index (χ0n) is 14.7. The molecule has 1 aromatic carbocycles. The highest BCUT2D eigenvalue weighted by molar-refractivity contribution is 5.96. The first-order valence-electron chi connectivity index (χ1n) is 8.78. The standard InChI is InChI=1S/C19H28F3NO/c1-4-6-7-11-15(10-5-2)14(3)23-18(24)16-12-8-9-13-17(16)19(20,21)22/h8-9,12-15H,4-7,10-11H2,1-3H3,(H,23,24). The summed E-state index contributed by atoms with van der Waals surface area (Å²) in [6.07, 6.45) is 1.77. The van der Waals surface area contributed by atoms with Crippen LogP contribution in [0.1, 0.15) is 75.2 Å². The van der Waals surface area contributed by atoms with Crippen molar-refractivity contribution in [1.82, 2.24) is 5.32 Å². The van der Waals surface area contributed by atoms with Crippen LogP contribution in [0.25, 0.3) is 0 Å². The third kappa shape index (κ3) is 6.17. The average molecular weight is 343 g/mol. The molecule has 0 fully saturated rings. The third-order valence-electron chi connectivity index (χ3n) is 4.38. The summed E-state index contributed by atoms with van der Waals surface area (Å²) in [6.45, 7) is 6.11. The van der Waals surface area contributed by atoms with Crippen molar-refractivity contribution in [1.29, 1.82) is 0 Å². The van der Waals surface area contributed by atoms with Crippen molar-refractivity contribution >= 4 is 5.91 Å². The van der Waals surface area contributed by atoms with E-state index in [9.17, 15) is 18.0 Å². The Labute approximate surface area is 142 Å². The van der Waals surface area contributed by atoms with Gasteiger partial charge in [0.25, 0.3) is 5.91 Å². The molecule has 1 N–H and O–H groups in total. The topological polar surface area (TPSA) is 29.1 Å². The number of nitrogens with one attached hydrogen (secondary N) is 1. The Kier molecular flexibility index (Phi) is 8.29. The largest absolute Gasteiger partial charge is 0.417 e. The molecular formula is C19H28F3NO. The van der Waals surface area contributed by atoms with Gasteiger partial charge in [0.2, 0.25) is 0 Å². The lowest BCUT2D eigenvalue weighted by Crippen LogP contribution is -2.39. The van der Waals surface area contributed by atoms with Crippen LogP contribution in [0.4, 0.5) is 13.2 Å². The van der Waals surface area contributed by atoms with Crippen molar-refractivity contribution in [2.75, 3.05) is 0 Å². The molecule has 0 aliphatic rings. The van der Waals surface area contributed by atoms with E-state index in [0.717, 1.165) is 44.6 Å². The van der Waals surface area contributed by atoms with E-state index in [1.165, 1.54) is 18.2 Å². The maximum atomic E-state index is 13.1. The van der Waals surface area contributed by atoms with Crippen LogP contribution in [0.5, 0.6) is 0 Å². The first-order valence-corrected chi connectivity index (χ1v) is 8.78. The highest BCUT2D eigenvalue weighted by Crippen LogP contribution is 2.32. The summed E-state index contributed by atoms with van der Waals surface area (Å²) in [5.74, 6) is -0.351. The molecule has 0 heterocycles. The average Bonchev–Trinajstić information content (AvgIpc) is 2.53. The molecule has 0 aliphatic carbocycles. The lowest BCUT2D eigenvalue weighted by molar-refractivity contribution is -0.137. The molecule has 0 saturated heterocycles. The van der Waals surface area contributed by atoms with Crippen molar-refractivity contribution < 1.29 is 18.0 Å². The number of hydrogen-bond donors (Lipinski definition) is 1. The maximum absolute atomic E-state index is 13.1. The minimum Gasteiger partial charge on any atom is -0.349 e. The van der Waals surface area contributed by atoms with Gasteiger partial charge in [0.05, 0.1) is 11.1 Å². The highest BCUT2D eigenvalue weighted by Gasteiger charge is 2.35. The second kappa shape index (κ2) is 9.70. The Balaban J connectivity index is 2.81. The summed E-state index contributed by atoms with van der Waals surface area (Å²) in [7, 11) is 0. The summed E-state index contributed by atoms with van der Waals surface area (Å²) in [5.41, 5.74) is -1.19. The highest BCUT2D eigenvalue weighted by atomic mass is 19.4. The lowest BCUT2D eigenvalue weighted by Gasteiger charge is -2.25.